The van der Waals surface area contributed by atoms with Crippen LogP contribution in [0, 0.1) is 17.6 Å². The minimum absolute atomic E-state index is 0.00156. The SMILES string of the molecule is Cn1ccnc1CN(C(=O)[C@@H]1C[C@@H]1c1ccc(F)cc1)c1ccc2c(c1)[C@@H](NS(=O)(=O)c1ccc(F)c(Cl)c1)CCC2. The molecule has 7 nitrogen and oxygen atoms in total. The summed E-state index contributed by atoms with van der Waals surface area (Å²) in [5, 5.41) is -0.272. The van der Waals surface area contributed by atoms with E-state index in [2.05, 4.69) is 9.71 Å². The number of fused-ring (bicyclic) bond motifs is 1. The van der Waals surface area contributed by atoms with E-state index in [4.69, 9.17) is 11.6 Å². The summed E-state index contributed by atoms with van der Waals surface area (Å²) >= 11 is 5.86. The van der Waals surface area contributed by atoms with E-state index in [1.807, 2.05) is 36.0 Å². The number of aromatic nitrogens is 2. The molecule has 0 saturated heterocycles. The van der Waals surface area contributed by atoms with Gasteiger partial charge in [0.05, 0.1) is 16.5 Å². The van der Waals surface area contributed by atoms with E-state index in [1.165, 1.54) is 18.2 Å². The third-order valence-corrected chi connectivity index (χ3v) is 9.91. The van der Waals surface area contributed by atoms with E-state index >= 15 is 0 Å². The summed E-state index contributed by atoms with van der Waals surface area (Å²) in [5.74, 6) is -0.642. The average molecular weight is 611 g/mol. The third kappa shape index (κ3) is 5.71. The highest BCUT2D eigenvalue weighted by Crippen LogP contribution is 2.49. The summed E-state index contributed by atoms with van der Waals surface area (Å²) in [4.78, 5) is 20.0. The number of halogens is 3. The minimum atomic E-state index is -4.00. The van der Waals surface area contributed by atoms with Gasteiger partial charge in [-0.25, -0.2) is 26.9 Å². The van der Waals surface area contributed by atoms with Crippen LogP contribution in [0.2, 0.25) is 5.02 Å². The third-order valence-electron chi connectivity index (χ3n) is 8.15. The summed E-state index contributed by atoms with van der Waals surface area (Å²) in [6.07, 6.45) is 6.27. The van der Waals surface area contributed by atoms with Gasteiger partial charge in [0.1, 0.15) is 17.5 Å². The van der Waals surface area contributed by atoms with Crippen molar-refractivity contribution in [3.05, 3.63) is 112 Å². The molecule has 218 valence electrons. The number of nitrogens with zero attached hydrogens (tertiary/aromatic N) is 3. The zero-order chi connectivity index (χ0) is 29.6. The van der Waals surface area contributed by atoms with E-state index in [9.17, 15) is 22.0 Å². The van der Waals surface area contributed by atoms with Crippen molar-refractivity contribution in [1.29, 1.82) is 0 Å². The van der Waals surface area contributed by atoms with Gasteiger partial charge in [-0.15, -0.1) is 0 Å². The molecular formula is C31H29ClF2N4O3S. The van der Waals surface area contributed by atoms with Crippen LogP contribution in [0.1, 0.15) is 53.7 Å². The number of nitrogens with one attached hydrogen (secondary N) is 1. The topological polar surface area (TPSA) is 84.3 Å². The summed E-state index contributed by atoms with van der Waals surface area (Å²) in [5.41, 5.74) is 3.35. The summed E-state index contributed by atoms with van der Waals surface area (Å²) in [6, 6.07) is 14.8. The lowest BCUT2D eigenvalue weighted by Gasteiger charge is -2.29. The highest BCUT2D eigenvalue weighted by molar-refractivity contribution is 7.89. The van der Waals surface area contributed by atoms with Crippen LogP contribution in [0.5, 0.6) is 0 Å². The van der Waals surface area contributed by atoms with Gasteiger partial charge in [0.2, 0.25) is 15.9 Å². The Labute approximate surface area is 248 Å². The molecule has 3 aromatic carbocycles. The Hall–Kier alpha value is -3.60. The Morgan fingerprint density at radius 2 is 1.90 bits per heavy atom. The Balaban J connectivity index is 1.31. The molecule has 42 heavy (non-hydrogen) atoms. The molecule has 0 radical (unpaired) electrons. The number of rotatable bonds is 8. The molecule has 1 aromatic heterocycles. The van der Waals surface area contributed by atoms with Crippen LogP contribution in [0.3, 0.4) is 0 Å². The van der Waals surface area contributed by atoms with Crippen LogP contribution >= 0.6 is 11.6 Å². The lowest BCUT2D eigenvalue weighted by molar-refractivity contribution is -0.120. The molecular weight excluding hydrogens is 582 g/mol. The second-order valence-corrected chi connectivity index (χ2v) is 13.0. The maximum atomic E-state index is 14.0. The van der Waals surface area contributed by atoms with Crippen LogP contribution in [0.4, 0.5) is 14.5 Å². The van der Waals surface area contributed by atoms with Crippen LogP contribution in [-0.2, 0) is 34.8 Å². The molecule has 1 fully saturated rings. The largest absolute Gasteiger partial charge is 0.337 e. The molecule has 2 aliphatic carbocycles. The number of aryl methyl sites for hydroxylation is 2. The fourth-order valence-corrected chi connectivity index (χ4v) is 7.23. The lowest BCUT2D eigenvalue weighted by atomic mass is 9.87. The van der Waals surface area contributed by atoms with Crippen molar-refractivity contribution < 1.29 is 22.0 Å². The number of anilines is 1. The zero-order valence-electron chi connectivity index (χ0n) is 22.8. The molecule has 2 aliphatic rings. The quantitative estimate of drug-likeness (QED) is 0.263. The molecule has 3 atom stereocenters. The van der Waals surface area contributed by atoms with E-state index in [1.54, 1.807) is 23.2 Å². The van der Waals surface area contributed by atoms with E-state index < -0.39 is 21.9 Å². The van der Waals surface area contributed by atoms with Crippen LogP contribution in [0.25, 0.3) is 0 Å². The zero-order valence-corrected chi connectivity index (χ0v) is 24.4. The Kier molecular flexibility index (Phi) is 7.63. The van der Waals surface area contributed by atoms with Gasteiger partial charge in [-0.05, 0) is 90.8 Å². The first-order chi connectivity index (χ1) is 20.1. The van der Waals surface area contributed by atoms with Crippen molar-refractivity contribution in [2.75, 3.05) is 4.90 Å². The van der Waals surface area contributed by atoms with Crippen molar-refractivity contribution >= 4 is 33.2 Å². The highest BCUT2D eigenvalue weighted by atomic mass is 35.5. The normalized spacial score (nSPS) is 19.8. The molecule has 0 spiro atoms. The van der Waals surface area contributed by atoms with Crippen molar-refractivity contribution in [2.24, 2.45) is 13.0 Å². The second-order valence-electron chi connectivity index (χ2n) is 10.9. The van der Waals surface area contributed by atoms with E-state index in [-0.39, 0.29) is 40.0 Å². The minimum Gasteiger partial charge on any atom is -0.337 e. The number of hydrogen-bond donors (Lipinski definition) is 1. The van der Waals surface area contributed by atoms with Crippen molar-refractivity contribution in [2.45, 2.75) is 49.1 Å². The molecule has 1 amide bonds. The smallest absolute Gasteiger partial charge is 0.241 e. The monoisotopic (exact) mass is 610 g/mol. The van der Waals surface area contributed by atoms with Crippen molar-refractivity contribution in [3.8, 4) is 0 Å². The predicted octanol–water partition coefficient (Wildman–Crippen LogP) is 6.04. The van der Waals surface area contributed by atoms with Gasteiger partial charge < -0.3 is 9.47 Å². The fourth-order valence-electron chi connectivity index (χ4n) is 5.71. The molecule has 0 aliphatic heterocycles. The van der Waals surface area contributed by atoms with Gasteiger partial charge >= 0.3 is 0 Å². The van der Waals surface area contributed by atoms with Gasteiger partial charge in [-0.2, -0.15) is 0 Å². The number of sulfonamides is 1. The van der Waals surface area contributed by atoms with Gasteiger partial charge in [-0.3, -0.25) is 4.79 Å². The molecule has 0 bridgehead atoms. The van der Waals surface area contributed by atoms with E-state index in [0.29, 0.717) is 24.4 Å². The summed E-state index contributed by atoms with van der Waals surface area (Å²) < 4.78 is 58.3. The van der Waals surface area contributed by atoms with Gasteiger partial charge in [-0.1, -0.05) is 29.8 Å². The van der Waals surface area contributed by atoms with Gasteiger partial charge in [0.25, 0.3) is 0 Å². The molecule has 0 unspecified atom stereocenters. The van der Waals surface area contributed by atoms with Crippen molar-refractivity contribution in [1.82, 2.24) is 14.3 Å². The highest BCUT2D eigenvalue weighted by Gasteiger charge is 2.46. The Bertz CT molecular complexity index is 1760. The number of carbonyl (C=O) groups excluding carboxylic acids is 1. The first kappa shape index (κ1) is 28.5. The molecule has 4 aromatic rings. The first-order valence-electron chi connectivity index (χ1n) is 13.7. The van der Waals surface area contributed by atoms with E-state index in [0.717, 1.165) is 41.7 Å². The standard InChI is InChI=1S/C31H29ClF2N4O3S/c1-37-14-13-35-30(37)18-38(31(39)26-17-24(26)20-5-8-21(33)9-6-20)22-10-7-19-3-2-4-29(25(19)15-22)36-42(40,41)23-11-12-28(34)27(32)16-23/h5-16,24,26,29,36H,2-4,17-18H2,1H3/t24-,26-,29+/m1/s1. The number of benzene rings is 3. The molecule has 1 N–H and O–H groups in total. The molecule has 1 saturated carbocycles. The van der Waals surface area contributed by atoms with Gasteiger partial charge in [0, 0.05) is 37.1 Å². The number of amides is 1. The number of carbonyl (C=O) groups is 1. The molecule has 11 heteroatoms. The maximum Gasteiger partial charge on any atom is 0.241 e. The van der Waals surface area contributed by atoms with Gasteiger partial charge in [0.15, 0.2) is 0 Å². The second kappa shape index (κ2) is 11.2. The summed E-state index contributed by atoms with van der Waals surface area (Å²) in [7, 11) is -2.14. The summed E-state index contributed by atoms with van der Waals surface area (Å²) in [6.45, 7) is 0.234. The first-order valence-corrected chi connectivity index (χ1v) is 15.6. The molecule has 6 rings (SSSR count). The van der Waals surface area contributed by atoms with Crippen LogP contribution in [-0.4, -0.2) is 23.9 Å². The van der Waals surface area contributed by atoms with Crippen LogP contribution < -0.4 is 9.62 Å². The maximum absolute atomic E-state index is 14.0. The number of imidazole rings is 1. The number of hydrogen-bond acceptors (Lipinski definition) is 4. The average Bonchev–Trinajstić information content (AvgIpc) is 3.67. The predicted molar refractivity (Wildman–Crippen MR) is 155 cm³/mol. The lowest BCUT2D eigenvalue weighted by Crippen LogP contribution is -2.34. The molecule has 1 heterocycles. The van der Waals surface area contributed by atoms with Crippen LogP contribution in [0.15, 0.2) is 78.0 Å². The Morgan fingerprint density at radius 1 is 1.12 bits per heavy atom. The Morgan fingerprint density at radius 3 is 2.62 bits per heavy atom. The van der Waals surface area contributed by atoms with Crippen molar-refractivity contribution in [3.63, 3.8) is 0 Å². The fraction of sp³-hybridized carbons (Fsp3) is 0.290.